The molecule has 2 aromatic rings. The van der Waals surface area contributed by atoms with Gasteiger partial charge in [0, 0.05) is 24.7 Å². The number of carbonyl (C=O) groups excluding carboxylic acids is 1. The zero-order chi connectivity index (χ0) is 13.7. The Balaban J connectivity index is 1.91. The Bertz CT molecular complexity index is 548. The molecule has 0 bridgehead atoms. The molecule has 19 heavy (non-hydrogen) atoms. The Morgan fingerprint density at radius 3 is 3.05 bits per heavy atom. The molecule has 0 saturated carbocycles. The number of aliphatic hydroxyl groups is 1. The monoisotopic (exact) mass is 260 g/mol. The molecule has 0 saturated heterocycles. The number of rotatable bonds is 6. The van der Waals surface area contributed by atoms with E-state index in [4.69, 9.17) is 5.11 Å². The van der Waals surface area contributed by atoms with Gasteiger partial charge in [-0.25, -0.2) is 0 Å². The van der Waals surface area contributed by atoms with E-state index in [1.807, 2.05) is 37.4 Å². The van der Waals surface area contributed by atoms with Gasteiger partial charge in [0.2, 0.25) is 0 Å². The average Bonchev–Trinajstić information content (AvgIpc) is 2.91. The molecule has 0 fully saturated rings. The lowest BCUT2D eigenvalue weighted by atomic mass is 10.1. The van der Waals surface area contributed by atoms with E-state index in [9.17, 15) is 4.79 Å². The van der Waals surface area contributed by atoms with Crippen LogP contribution in [-0.4, -0.2) is 29.1 Å². The van der Waals surface area contributed by atoms with Gasteiger partial charge in [-0.1, -0.05) is 19.1 Å². The van der Waals surface area contributed by atoms with Gasteiger partial charge in [0.15, 0.2) is 0 Å². The van der Waals surface area contributed by atoms with Crippen LogP contribution in [0.4, 0.5) is 0 Å². The van der Waals surface area contributed by atoms with Gasteiger partial charge in [-0.05, 0) is 30.9 Å². The molecule has 0 radical (unpaired) electrons. The summed E-state index contributed by atoms with van der Waals surface area (Å²) in [5, 5.41) is 12.9. The third-order valence-corrected chi connectivity index (χ3v) is 3.30. The molecule has 4 nitrogen and oxygen atoms in total. The molecule has 4 heteroatoms. The van der Waals surface area contributed by atoms with Gasteiger partial charge in [0.25, 0.3) is 5.91 Å². The highest BCUT2D eigenvalue weighted by atomic mass is 16.3. The van der Waals surface area contributed by atoms with Crippen molar-refractivity contribution < 1.29 is 9.90 Å². The van der Waals surface area contributed by atoms with Crippen molar-refractivity contribution in [1.29, 1.82) is 0 Å². The number of carbonyl (C=O) groups is 1. The van der Waals surface area contributed by atoms with Crippen LogP contribution in [-0.2, 0) is 0 Å². The van der Waals surface area contributed by atoms with Crippen molar-refractivity contribution in [3.05, 3.63) is 36.0 Å². The summed E-state index contributed by atoms with van der Waals surface area (Å²) in [7, 11) is 0. The largest absolute Gasteiger partial charge is 0.396 e. The van der Waals surface area contributed by atoms with Gasteiger partial charge in [-0.2, -0.15) is 0 Å². The highest BCUT2D eigenvalue weighted by molar-refractivity contribution is 6.05. The van der Waals surface area contributed by atoms with E-state index in [0.29, 0.717) is 18.0 Å². The van der Waals surface area contributed by atoms with E-state index in [-0.39, 0.29) is 12.5 Å². The van der Waals surface area contributed by atoms with Crippen molar-refractivity contribution in [3.8, 4) is 0 Å². The van der Waals surface area contributed by atoms with E-state index in [0.717, 1.165) is 23.7 Å². The number of hydrogen-bond donors (Lipinski definition) is 3. The zero-order valence-electron chi connectivity index (χ0n) is 11.1. The number of aliphatic hydroxyl groups excluding tert-OH is 1. The predicted molar refractivity (Wildman–Crippen MR) is 76.1 cm³/mol. The lowest BCUT2D eigenvalue weighted by Gasteiger charge is -2.09. The standard InChI is InChI=1S/C15H20N2O2/c1-11(10-18)4-3-8-17-15(19)13-6-2-5-12-7-9-16-14(12)13/h2,5-7,9,11,16,18H,3-4,8,10H2,1H3,(H,17,19). The van der Waals surface area contributed by atoms with Gasteiger partial charge >= 0.3 is 0 Å². The molecule has 0 spiro atoms. The highest BCUT2D eigenvalue weighted by Gasteiger charge is 2.10. The number of aromatic amines is 1. The third kappa shape index (κ3) is 3.35. The van der Waals surface area contributed by atoms with Gasteiger partial charge in [-0.15, -0.1) is 0 Å². The summed E-state index contributed by atoms with van der Waals surface area (Å²) in [4.78, 5) is 15.2. The summed E-state index contributed by atoms with van der Waals surface area (Å²) in [6, 6.07) is 7.64. The van der Waals surface area contributed by atoms with Gasteiger partial charge < -0.3 is 15.4 Å². The van der Waals surface area contributed by atoms with Crippen LogP contribution < -0.4 is 5.32 Å². The van der Waals surface area contributed by atoms with Crippen LogP contribution in [0.25, 0.3) is 10.9 Å². The van der Waals surface area contributed by atoms with Crippen LogP contribution in [0.5, 0.6) is 0 Å². The topological polar surface area (TPSA) is 65.1 Å². The smallest absolute Gasteiger partial charge is 0.253 e. The molecule has 1 amide bonds. The first kappa shape index (κ1) is 13.6. The molecule has 3 N–H and O–H groups in total. The van der Waals surface area contributed by atoms with Crippen molar-refractivity contribution >= 4 is 16.8 Å². The Labute approximate surface area is 112 Å². The molecule has 1 aromatic heterocycles. The zero-order valence-corrected chi connectivity index (χ0v) is 11.1. The number of hydrogen-bond acceptors (Lipinski definition) is 2. The molecule has 1 aromatic carbocycles. The number of benzene rings is 1. The van der Waals surface area contributed by atoms with Crippen molar-refractivity contribution in [2.75, 3.05) is 13.2 Å². The Morgan fingerprint density at radius 2 is 2.26 bits per heavy atom. The van der Waals surface area contributed by atoms with Crippen LogP contribution in [0.2, 0.25) is 0 Å². The van der Waals surface area contributed by atoms with Crippen LogP contribution in [0.1, 0.15) is 30.1 Å². The maximum Gasteiger partial charge on any atom is 0.253 e. The van der Waals surface area contributed by atoms with E-state index in [1.165, 1.54) is 0 Å². The maximum absolute atomic E-state index is 12.1. The highest BCUT2D eigenvalue weighted by Crippen LogP contribution is 2.16. The van der Waals surface area contributed by atoms with E-state index < -0.39 is 0 Å². The number of H-pyrrole nitrogens is 1. The summed E-state index contributed by atoms with van der Waals surface area (Å²) < 4.78 is 0. The van der Waals surface area contributed by atoms with Crippen LogP contribution in [0.3, 0.4) is 0 Å². The lowest BCUT2D eigenvalue weighted by molar-refractivity contribution is 0.0953. The molecule has 0 aliphatic rings. The molecule has 102 valence electrons. The Kier molecular flexibility index (Phi) is 4.58. The number of amides is 1. The van der Waals surface area contributed by atoms with Crippen LogP contribution in [0, 0.1) is 5.92 Å². The van der Waals surface area contributed by atoms with Gasteiger partial charge in [-0.3, -0.25) is 4.79 Å². The quantitative estimate of drug-likeness (QED) is 0.698. The number of aromatic nitrogens is 1. The van der Waals surface area contributed by atoms with Gasteiger partial charge in [0.1, 0.15) is 0 Å². The molecule has 1 atom stereocenters. The molecule has 2 rings (SSSR count). The minimum absolute atomic E-state index is 0.0512. The predicted octanol–water partition coefficient (Wildman–Crippen LogP) is 2.31. The number of para-hydroxylation sites is 1. The fraction of sp³-hybridized carbons (Fsp3) is 0.400. The molecule has 0 aliphatic carbocycles. The van der Waals surface area contributed by atoms with Crippen molar-refractivity contribution in [2.45, 2.75) is 19.8 Å². The first-order chi connectivity index (χ1) is 9.22. The molecular formula is C15H20N2O2. The Morgan fingerprint density at radius 1 is 1.42 bits per heavy atom. The van der Waals surface area contributed by atoms with E-state index in [1.54, 1.807) is 0 Å². The second-order valence-corrected chi connectivity index (χ2v) is 4.93. The fourth-order valence-corrected chi connectivity index (χ4v) is 2.11. The van der Waals surface area contributed by atoms with Crippen LogP contribution in [0.15, 0.2) is 30.5 Å². The van der Waals surface area contributed by atoms with Gasteiger partial charge in [0.05, 0.1) is 11.1 Å². The van der Waals surface area contributed by atoms with Crippen molar-refractivity contribution in [2.24, 2.45) is 5.92 Å². The molecule has 1 unspecified atom stereocenters. The summed E-state index contributed by atoms with van der Waals surface area (Å²) in [5.74, 6) is 0.244. The SMILES string of the molecule is CC(CO)CCCNC(=O)c1cccc2cc[nH]c12. The first-order valence-electron chi connectivity index (χ1n) is 6.67. The second kappa shape index (κ2) is 6.38. The number of nitrogens with one attached hydrogen (secondary N) is 2. The normalized spacial score (nSPS) is 12.5. The molecular weight excluding hydrogens is 240 g/mol. The first-order valence-corrected chi connectivity index (χ1v) is 6.67. The molecule has 0 aliphatic heterocycles. The third-order valence-electron chi connectivity index (χ3n) is 3.30. The van der Waals surface area contributed by atoms with Crippen molar-refractivity contribution in [1.82, 2.24) is 10.3 Å². The average molecular weight is 260 g/mol. The summed E-state index contributed by atoms with van der Waals surface area (Å²) in [6.07, 6.45) is 3.64. The maximum atomic E-state index is 12.1. The second-order valence-electron chi connectivity index (χ2n) is 4.93. The summed E-state index contributed by atoms with van der Waals surface area (Å²) in [5.41, 5.74) is 1.56. The van der Waals surface area contributed by atoms with Crippen LogP contribution >= 0.6 is 0 Å². The lowest BCUT2D eigenvalue weighted by Crippen LogP contribution is -2.25. The minimum atomic E-state index is -0.0512. The van der Waals surface area contributed by atoms with Crippen molar-refractivity contribution in [3.63, 3.8) is 0 Å². The fourth-order valence-electron chi connectivity index (χ4n) is 2.11. The van der Waals surface area contributed by atoms with E-state index in [2.05, 4.69) is 10.3 Å². The summed E-state index contributed by atoms with van der Waals surface area (Å²) >= 11 is 0. The number of fused-ring (bicyclic) bond motifs is 1. The molecule has 1 heterocycles. The minimum Gasteiger partial charge on any atom is -0.396 e. The Hall–Kier alpha value is -1.81. The summed E-state index contributed by atoms with van der Waals surface area (Å²) in [6.45, 7) is 2.84. The van der Waals surface area contributed by atoms with E-state index >= 15 is 0 Å².